The number of aromatic nitrogens is 2. The Morgan fingerprint density at radius 2 is 1.75 bits per heavy atom. The van der Waals surface area contributed by atoms with Gasteiger partial charge in [0.25, 0.3) is 5.91 Å². The van der Waals surface area contributed by atoms with Crippen LogP contribution in [0.25, 0.3) is 11.0 Å². The second-order valence-corrected chi connectivity index (χ2v) is 7.08. The minimum absolute atomic E-state index is 0.0850. The minimum atomic E-state index is -0.0850. The molecule has 0 fully saturated rings. The summed E-state index contributed by atoms with van der Waals surface area (Å²) in [6.07, 6.45) is 0. The van der Waals surface area contributed by atoms with Crippen LogP contribution in [-0.2, 0) is 13.1 Å². The van der Waals surface area contributed by atoms with E-state index in [2.05, 4.69) is 41.1 Å². The fourth-order valence-electron chi connectivity index (χ4n) is 3.44. The maximum Gasteiger partial charge on any atom is 0.251 e. The van der Waals surface area contributed by atoms with Gasteiger partial charge in [0.1, 0.15) is 5.82 Å². The van der Waals surface area contributed by atoms with E-state index in [-0.39, 0.29) is 5.91 Å². The Morgan fingerprint density at radius 3 is 2.57 bits per heavy atom. The Bertz CT molecular complexity index is 1140. The number of hydrogen-bond acceptors (Lipinski definition) is 2. The SMILES string of the molecule is Cc1cccc(C(=O)NCc2nc3ccccc3n2Cc2ccccc2C)c1. The Balaban J connectivity index is 1.63. The first-order chi connectivity index (χ1) is 13.6. The molecular weight excluding hydrogens is 346 g/mol. The molecule has 0 aliphatic carbocycles. The molecule has 0 aliphatic rings. The molecule has 4 heteroatoms. The van der Waals surface area contributed by atoms with Crippen LogP contribution >= 0.6 is 0 Å². The fourth-order valence-corrected chi connectivity index (χ4v) is 3.44. The molecule has 4 rings (SSSR count). The summed E-state index contributed by atoms with van der Waals surface area (Å²) in [5.74, 6) is 0.767. The molecule has 0 bridgehead atoms. The number of nitrogens with zero attached hydrogens (tertiary/aromatic N) is 2. The highest BCUT2D eigenvalue weighted by molar-refractivity contribution is 5.94. The third-order valence-corrected chi connectivity index (χ3v) is 5.01. The zero-order valence-corrected chi connectivity index (χ0v) is 16.1. The fraction of sp³-hybridized carbons (Fsp3) is 0.167. The van der Waals surface area contributed by atoms with Crippen LogP contribution < -0.4 is 5.32 Å². The van der Waals surface area contributed by atoms with Crippen LogP contribution in [0.4, 0.5) is 0 Å². The van der Waals surface area contributed by atoms with Gasteiger partial charge in [0.2, 0.25) is 0 Å². The summed E-state index contributed by atoms with van der Waals surface area (Å²) in [5.41, 5.74) is 6.24. The standard InChI is InChI=1S/C24H23N3O/c1-17-8-7-11-19(14-17)24(28)25-15-23-26-21-12-5-6-13-22(21)27(23)16-20-10-4-3-9-18(20)2/h3-14H,15-16H2,1-2H3,(H,25,28). The molecule has 3 aromatic carbocycles. The zero-order chi connectivity index (χ0) is 19.5. The van der Waals surface area contributed by atoms with Crippen molar-refractivity contribution < 1.29 is 4.79 Å². The second-order valence-electron chi connectivity index (χ2n) is 7.08. The molecule has 1 heterocycles. The molecule has 1 aromatic heterocycles. The smallest absolute Gasteiger partial charge is 0.251 e. The number of aryl methyl sites for hydroxylation is 2. The van der Waals surface area contributed by atoms with Crippen LogP contribution in [0.5, 0.6) is 0 Å². The van der Waals surface area contributed by atoms with Gasteiger partial charge in [-0.1, -0.05) is 54.1 Å². The summed E-state index contributed by atoms with van der Waals surface area (Å²) in [7, 11) is 0. The minimum Gasteiger partial charge on any atom is -0.345 e. The molecule has 0 spiro atoms. The van der Waals surface area contributed by atoms with Gasteiger partial charge in [-0.25, -0.2) is 4.98 Å². The van der Waals surface area contributed by atoms with Crippen LogP contribution in [0, 0.1) is 13.8 Å². The van der Waals surface area contributed by atoms with Crippen molar-refractivity contribution in [2.75, 3.05) is 0 Å². The lowest BCUT2D eigenvalue weighted by molar-refractivity contribution is 0.0949. The first-order valence-corrected chi connectivity index (χ1v) is 9.45. The number of nitrogens with one attached hydrogen (secondary N) is 1. The van der Waals surface area contributed by atoms with Crippen LogP contribution in [0.1, 0.15) is 32.9 Å². The van der Waals surface area contributed by atoms with Crippen molar-refractivity contribution in [2.24, 2.45) is 0 Å². The number of fused-ring (bicyclic) bond motifs is 1. The summed E-state index contributed by atoms with van der Waals surface area (Å²) in [5, 5.41) is 3.02. The number of para-hydroxylation sites is 2. The van der Waals surface area contributed by atoms with Crippen molar-refractivity contribution in [3.05, 3.63) is 101 Å². The first-order valence-electron chi connectivity index (χ1n) is 9.45. The summed E-state index contributed by atoms with van der Waals surface area (Å²) < 4.78 is 2.19. The van der Waals surface area contributed by atoms with Crippen molar-refractivity contribution in [1.82, 2.24) is 14.9 Å². The van der Waals surface area contributed by atoms with Gasteiger partial charge in [-0.15, -0.1) is 0 Å². The van der Waals surface area contributed by atoms with Gasteiger partial charge in [0.15, 0.2) is 0 Å². The molecule has 4 nitrogen and oxygen atoms in total. The third-order valence-electron chi connectivity index (χ3n) is 5.01. The molecular formula is C24H23N3O. The summed E-state index contributed by atoms with van der Waals surface area (Å²) in [6.45, 7) is 5.21. The molecule has 28 heavy (non-hydrogen) atoms. The molecule has 1 N–H and O–H groups in total. The number of carbonyl (C=O) groups excluding carboxylic acids is 1. The first kappa shape index (κ1) is 18.0. The van der Waals surface area contributed by atoms with Crippen molar-refractivity contribution in [3.8, 4) is 0 Å². The van der Waals surface area contributed by atoms with E-state index in [9.17, 15) is 4.79 Å². The summed E-state index contributed by atoms with van der Waals surface area (Å²) in [4.78, 5) is 17.3. The topological polar surface area (TPSA) is 46.9 Å². The lowest BCUT2D eigenvalue weighted by atomic mass is 10.1. The van der Waals surface area contributed by atoms with Crippen molar-refractivity contribution in [2.45, 2.75) is 26.9 Å². The normalized spacial score (nSPS) is 10.9. The highest BCUT2D eigenvalue weighted by Gasteiger charge is 2.13. The molecule has 0 unspecified atom stereocenters. The van der Waals surface area contributed by atoms with Gasteiger partial charge in [0, 0.05) is 12.1 Å². The van der Waals surface area contributed by atoms with Gasteiger partial charge in [0.05, 0.1) is 17.6 Å². The van der Waals surface area contributed by atoms with Crippen molar-refractivity contribution in [1.29, 1.82) is 0 Å². The number of carbonyl (C=O) groups is 1. The second kappa shape index (κ2) is 7.69. The average Bonchev–Trinajstić information content (AvgIpc) is 3.05. The molecule has 0 atom stereocenters. The van der Waals surface area contributed by atoms with Gasteiger partial charge in [-0.3, -0.25) is 4.79 Å². The predicted molar refractivity (Wildman–Crippen MR) is 112 cm³/mol. The number of rotatable bonds is 5. The molecule has 0 saturated carbocycles. The molecule has 1 amide bonds. The molecule has 0 radical (unpaired) electrons. The Kier molecular flexibility index (Phi) is 4.94. The number of imidazole rings is 1. The van der Waals surface area contributed by atoms with E-state index >= 15 is 0 Å². The number of benzene rings is 3. The van der Waals surface area contributed by atoms with Gasteiger partial charge >= 0.3 is 0 Å². The third kappa shape index (κ3) is 3.67. The van der Waals surface area contributed by atoms with Crippen LogP contribution in [-0.4, -0.2) is 15.5 Å². The van der Waals surface area contributed by atoms with E-state index in [4.69, 9.17) is 4.98 Å². The van der Waals surface area contributed by atoms with Gasteiger partial charge in [-0.2, -0.15) is 0 Å². The average molecular weight is 369 g/mol. The van der Waals surface area contributed by atoms with E-state index < -0.39 is 0 Å². The van der Waals surface area contributed by atoms with E-state index in [0.29, 0.717) is 12.1 Å². The Hall–Kier alpha value is -3.40. The van der Waals surface area contributed by atoms with E-state index in [1.807, 2.05) is 55.5 Å². The maximum absolute atomic E-state index is 12.6. The van der Waals surface area contributed by atoms with Crippen molar-refractivity contribution in [3.63, 3.8) is 0 Å². The van der Waals surface area contributed by atoms with Crippen molar-refractivity contribution >= 4 is 16.9 Å². The quantitative estimate of drug-likeness (QED) is 0.557. The maximum atomic E-state index is 12.6. The van der Waals surface area contributed by atoms with E-state index in [0.717, 1.165) is 29.0 Å². The Morgan fingerprint density at radius 1 is 0.964 bits per heavy atom. The van der Waals surface area contributed by atoms with Gasteiger partial charge < -0.3 is 9.88 Å². The Labute approximate surface area is 164 Å². The zero-order valence-electron chi connectivity index (χ0n) is 16.1. The lowest BCUT2D eigenvalue weighted by Gasteiger charge is -2.12. The number of hydrogen-bond donors (Lipinski definition) is 1. The molecule has 4 aromatic rings. The van der Waals surface area contributed by atoms with Crippen LogP contribution in [0.15, 0.2) is 72.8 Å². The highest BCUT2D eigenvalue weighted by atomic mass is 16.1. The monoisotopic (exact) mass is 369 g/mol. The molecule has 0 aliphatic heterocycles. The van der Waals surface area contributed by atoms with E-state index in [1.165, 1.54) is 11.1 Å². The highest BCUT2D eigenvalue weighted by Crippen LogP contribution is 2.19. The molecule has 140 valence electrons. The van der Waals surface area contributed by atoms with Crippen LogP contribution in [0.2, 0.25) is 0 Å². The predicted octanol–water partition coefficient (Wildman–Crippen LogP) is 4.63. The van der Waals surface area contributed by atoms with Crippen LogP contribution in [0.3, 0.4) is 0 Å². The summed E-state index contributed by atoms with van der Waals surface area (Å²) >= 11 is 0. The van der Waals surface area contributed by atoms with E-state index in [1.54, 1.807) is 0 Å². The largest absolute Gasteiger partial charge is 0.345 e. The summed E-state index contributed by atoms with van der Waals surface area (Å²) in [6, 6.07) is 24.1. The molecule has 0 saturated heterocycles. The lowest BCUT2D eigenvalue weighted by Crippen LogP contribution is -2.25. The van der Waals surface area contributed by atoms with Gasteiger partial charge in [-0.05, 0) is 49.2 Å². The number of amides is 1.